The molecule has 6 nitrogen and oxygen atoms in total. The van der Waals surface area contributed by atoms with Crippen LogP contribution in [0.5, 0.6) is 0 Å². The van der Waals surface area contributed by atoms with E-state index in [1.54, 1.807) is 13.3 Å². The highest BCUT2D eigenvalue weighted by molar-refractivity contribution is 5.86. The van der Waals surface area contributed by atoms with Crippen molar-refractivity contribution >= 4 is 11.9 Å². The van der Waals surface area contributed by atoms with Crippen LogP contribution in [0.1, 0.15) is 18.6 Å². The van der Waals surface area contributed by atoms with Crippen molar-refractivity contribution in [3.05, 3.63) is 24.2 Å². The summed E-state index contributed by atoms with van der Waals surface area (Å²) in [4.78, 5) is 15.6. The van der Waals surface area contributed by atoms with E-state index in [0.29, 0.717) is 18.4 Å². The zero-order chi connectivity index (χ0) is 13.5. The molecule has 1 amide bonds. The number of carbonyl (C=O) groups excluding carboxylic acids is 1. The Bertz CT molecular complexity index is 424. The normalized spacial score (nSPS) is 15.1. The molecule has 0 unspecified atom stereocenters. The SMILES string of the molecule is CN=C(NCC(=O)NCC1CC1)NCc1ccco1. The molecule has 0 bridgehead atoms. The van der Waals surface area contributed by atoms with Gasteiger partial charge in [-0.15, -0.1) is 0 Å². The minimum atomic E-state index is -0.00662. The summed E-state index contributed by atoms with van der Waals surface area (Å²) >= 11 is 0. The van der Waals surface area contributed by atoms with Gasteiger partial charge in [0.2, 0.25) is 5.91 Å². The lowest BCUT2D eigenvalue weighted by molar-refractivity contribution is -0.120. The van der Waals surface area contributed by atoms with Crippen molar-refractivity contribution in [2.75, 3.05) is 20.1 Å². The smallest absolute Gasteiger partial charge is 0.239 e. The van der Waals surface area contributed by atoms with E-state index < -0.39 is 0 Å². The molecule has 104 valence electrons. The first kappa shape index (κ1) is 13.5. The van der Waals surface area contributed by atoms with Gasteiger partial charge in [0.05, 0.1) is 19.4 Å². The first-order valence-electron chi connectivity index (χ1n) is 6.51. The average Bonchev–Trinajstić information content (AvgIpc) is 3.11. The van der Waals surface area contributed by atoms with Gasteiger partial charge in [0.15, 0.2) is 5.96 Å². The van der Waals surface area contributed by atoms with Gasteiger partial charge in [0.1, 0.15) is 5.76 Å². The molecule has 3 N–H and O–H groups in total. The van der Waals surface area contributed by atoms with Crippen molar-refractivity contribution in [2.24, 2.45) is 10.9 Å². The van der Waals surface area contributed by atoms with Crippen LogP contribution in [0.3, 0.4) is 0 Å². The van der Waals surface area contributed by atoms with Crippen LogP contribution in [-0.4, -0.2) is 32.0 Å². The van der Waals surface area contributed by atoms with Crippen LogP contribution in [0.4, 0.5) is 0 Å². The Morgan fingerprint density at radius 1 is 1.42 bits per heavy atom. The fraction of sp³-hybridized carbons (Fsp3) is 0.538. The van der Waals surface area contributed by atoms with E-state index in [-0.39, 0.29) is 12.5 Å². The monoisotopic (exact) mass is 264 g/mol. The van der Waals surface area contributed by atoms with E-state index >= 15 is 0 Å². The van der Waals surface area contributed by atoms with Crippen molar-refractivity contribution in [2.45, 2.75) is 19.4 Å². The van der Waals surface area contributed by atoms with Gasteiger partial charge in [-0.25, -0.2) is 0 Å². The molecule has 0 spiro atoms. The van der Waals surface area contributed by atoms with E-state index in [4.69, 9.17) is 4.42 Å². The third-order valence-electron chi connectivity index (χ3n) is 2.93. The van der Waals surface area contributed by atoms with Gasteiger partial charge in [-0.3, -0.25) is 9.79 Å². The fourth-order valence-electron chi connectivity index (χ4n) is 1.61. The van der Waals surface area contributed by atoms with Crippen LogP contribution in [0, 0.1) is 5.92 Å². The number of nitrogens with zero attached hydrogens (tertiary/aromatic N) is 1. The second-order valence-corrected chi connectivity index (χ2v) is 4.61. The van der Waals surface area contributed by atoms with E-state index in [2.05, 4.69) is 20.9 Å². The quantitative estimate of drug-likeness (QED) is 0.515. The number of aliphatic imine (C=N–C) groups is 1. The molecule has 1 saturated carbocycles. The van der Waals surface area contributed by atoms with Crippen LogP contribution in [0.25, 0.3) is 0 Å². The highest BCUT2D eigenvalue weighted by Crippen LogP contribution is 2.27. The highest BCUT2D eigenvalue weighted by atomic mass is 16.3. The van der Waals surface area contributed by atoms with E-state index in [0.717, 1.165) is 12.3 Å². The molecule has 0 aromatic carbocycles. The average molecular weight is 264 g/mol. The number of hydrogen-bond acceptors (Lipinski definition) is 3. The van der Waals surface area contributed by atoms with Gasteiger partial charge in [-0.2, -0.15) is 0 Å². The first-order valence-corrected chi connectivity index (χ1v) is 6.51. The molecule has 1 aromatic heterocycles. The second-order valence-electron chi connectivity index (χ2n) is 4.61. The molecule has 0 atom stereocenters. The molecular formula is C13H20N4O2. The predicted octanol–water partition coefficient (Wildman–Crippen LogP) is 0.471. The standard InChI is InChI=1S/C13H20N4O2/c1-14-13(16-8-11-3-2-6-19-11)17-9-12(18)15-7-10-4-5-10/h2-3,6,10H,4-5,7-9H2,1H3,(H,15,18)(H2,14,16,17). The molecule has 1 aromatic rings. The van der Waals surface area contributed by atoms with Crippen molar-refractivity contribution in [3.8, 4) is 0 Å². The Morgan fingerprint density at radius 2 is 2.26 bits per heavy atom. The Morgan fingerprint density at radius 3 is 2.89 bits per heavy atom. The Kier molecular flexibility index (Phi) is 4.83. The Hall–Kier alpha value is -1.98. The lowest BCUT2D eigenvalue weighted by Gasteiger charge is -2.10. The molecule has 0 aliphatic heterocycles. The molecule has 19 heavy (non-hydrogen) atoms. The summed E-state index contributed by atoms with van der Waals surface area (Å²) in [5.41, 5.74) is 0. The van der Waals surface area contributed by atoms with Crippen LogP contribution in [-0.2, 0) is 11.3 Å². The van der Waals surface area contributed by atoms with E-state index in [9.17, 15) is 4.79 Å². The van der Waals surface area contributed by atoms with Gasteiger partial charge >= 0.3 is 0 Å². The highest BCUT2D eigenvalue weighted by Gasteiger charge is 2.21. The van der Waals surface area contributed by atoms with Gasteiger partial charge < -0.3 is 20.4 Å². The minimum absolute atomic E-state index is 0.00662. The summed E-state index contributed by atoms with van der Waals surface area (Å²) in [6.45, 7) is 1.56. The number of nitrogens with one attached hydrogen (secondary N) is 3. The van der Waals surface area contributed by atoms with Gasteiger partial charge in [-0.05, 0) is 30.9 Å². The molecule has 0 radical (unpaired) electrons. The Balaban J connectivity index is 1.62. The van der Waals surface area contributed by atoms with Crippen molar-refractivity contribution in [1.29, 1.82) is 0 Å². The van der Waals surface area contributed by atoms with Gasteiger partial charge in [-0.1, -0.05) is 0 Å². The third kappa shape index (κ3) is 5.03. The molecule has 6 heteroatoms. The van der Waals surface area contributed by atoms with Crippen LogP contribution >= 0.6 is 0 Å². The topological polar surface area (TPSA) is 78.7 Å². The lowest BCUT2D eigenvalue weighted by atomic mass is 10.4. The molecule has 1 heterocycles. The van der Waals surface area contributed by atoms with Crippen LogP contribution in [0.2, 0.25) is 0 Å². The Labute approximate surface area is 112 Å². The molecule has 1 fully saturated rings. The van der Waals surface area contributed by atoms with Crippen molar-refractivity contribution in [3.63, 3.8) is 0 Å². The van der Waals surface area contributed by atoms with Crippen molar-refractivity contribution in [1.82, 2.24) is 16.0 Å². The number of guanidine groups is 1. The maximum Gasteiger partial charge on any atom is 0.239 e. The first-order chi connectivity index (χ1) is 9.28. The summed E-state index contributed by atoms with van der Waals surface area (Å²) in [7, 11) is 1.67. The van der Waals surface area contributed by atoms with E-state index in [1.807, 2.05) is 12.1 Å². The summed E-state index contributed by atoms with van der Waals surface area (Å²) < 4.78 is 5.20. The van der Waals surface area contributed by atoms with E-state index in [1.165, 1.54) is 12.8 Å². The largest absolute Gasteiger partial charge is 0.467 e. The molecular weight excluding hydrogens is 244 g/mol. The summed E-state index contributed by atoms with van der Waals surface area (Å²) in [5.74, 6) is 2.09. The molecule has 1 aliphatic rings. The maximum atomic E-state index is 11.6. The molecule has 0 saturated heterocycles. The number of hydrogen-bond donors (Lipinski definition) is 3. The maximum absolute atomic E-state index is 11.6. The van der Waals surface area contributed by atoms with Crippen LogP contribution < -0.4 is 16.0 Å². The number of furan rings is 1. The number of rotatable bonds is 6. The van der Waals surface area contributed by atoms with Gasteiger partial charge in [0, 0.05) is 13.6 Å². The predicted molar refractivity (Wildman–Crippen MR) is 72.6 cm³/mol. The second kappa shape index (κ2) is 6.82. The number of amides is 1. The third-order valence-corrected chi connectivity index (χ3v) is 2.93. The van der Waals surface area contributed by atoms with Gasteiger partial charge in [0.25, 0.3) is 0 Å². The zero-order valence-electron chi connectivity index (χ0n) is 11.1. The van der Waals surface area contributed by atoms with Crippen molar-refractivity contribution < 1.29 is 9.21 Å². The lowest BCUT2D eigenvalue weighted by Crippen LogP contribution is -2.43. The zero-order valence-corrected chi connectivity index (χ0v) is 11.1. The fourth-order valence-corrected chi connectivity index (χ4v) is 1.61. The number of carbonyl (C=O) groups is 1. The molecule has 1 aliphatic carbocycles. The minimum Gasteiger partial charge on any atom is -0.467 e. The summed E-state index contributed by atoms with van der Waals surface area (Å²) in [6, 6.07) is 3.71. The molecule has 2 rings (SSSR count). The summed E-state index contributed by atoms with van der Waals surface area (Å²) in [6.07, 6.45) is 4.10. The summed E-state index contributed by atoms with van der Waals surface area (Å²) in [5, 5.41) is 8.92. The van der Waals surface area contributed by atoms with Crippen LogP contribution in [0.15, 0.2) is 27.8 Å².